The molecular weight excluding hydrogens is 509 g/mol. The fourth-order valence-corrected chi connectivity index (χ4v) is 4.28. The Labute approximate surface area is 192 Å². The number of halogens is 2. The largest absolute Gasteiger partial charge is 0.357 e. The maximum atomic E-state index is 6.03. The zero-order valence-electron chi connectivity index (χ0n) is 16.4. The molecular formula is C19H27ClIN5OS. The van der Waals surface area contributed by atoms with Gasteiger partial charge in [-0.3, -0.25) is 4.99 Å². The molecule has 1 saturated heterocycles. The van der Waals surface area contributed by atoms with Crippen molar-refractivity contribution in [1.29, 1.82) is 0 Å². The minimum Gasteiger partial charge on any atom is -0.357 e. The monoisotopic (exact) mass is 535 g/mol. The van der Waals surface area contributed by atoms with Gasteiger partial charge in [0.05, 0.1) is 6.54 Å². The summed E-state index contributed by atoms with van der Waals surface area (Å²) in [4.78, 5) is 11.6. The number of aliphatic imine (C=N–C) groups is 1. The summed E-state index contributed by atoms with van der Waals surface area (Å²) in [7, 11) is 0. The first-order chi connectivity index (χ1) is 13.0. The lowest BCUT2D eigenvalue weighted by atomic mass is 10.2. The molecule has 2 heterocycles. The average Bonchev–Trinajstić information content (AvgIpc) is 3.09. The van der Waals surface area contributed by atoms with Crippen molar-refractivity contribution in [2.45, 2.75) is 31.9 Å². The molecule has 1 fully saturated rings. The van der Waals surface area contributed by atoms with E-state index in [4.69, 9.17) is 21.1 Å². The normalized spacial score (nSPS) is 16.6. The second-order valence-corrected chi connectivity index (χ2v) is 9.28. The van der Waals surface area contributed by atoms with Crippen LogP contribution in [0.5, 0.6) is 0 Å². The topological polar surface area (TPSA) is 66.5 Å². The van der Waals surface area contributed by atoms with E-state index in [1.165, 1.54) is 0 Å². The van der Waals surface area contributed by atoms with Gasteiger partial charge in [0.1, 0.15) is 0 Å². The Morgan fingerprint density at radius 1 is 1.43 bits per heavy atom. The lowest BCUT2D eigenvalue weighted by Gasteiger charge is -2.39. The molecule has 0 atom stereocenters. The standard InChI is InChI=1S/C19H26ClN5OS.HI/c1-4-21-18(25-10-11-27-19(2,3)13-25)22-9-8-16-23-17(24-26-16)14-6-5-7-15(20)12-14;/h5-7,12H,4,8-11,13H2,1-3H3,(H,21,22);1H. The lowest BCUT2D eigenvalue weighted by molar-refractivity contribution is 0.371. The number of rotatable bonds is 5. The second-order valence-electron chi connectivity index (χ2n) is 7.04. The lowest BCUT2D eigenvalue weighted by Crippen LogP contribution is -2.51. The van der Waals surface area contributed by atoms with Gasteiger partial charge >= 0.3 is 0 Å². The molecule has 154 valence electrons. The maximum Gasteiger partial charge on any atom is 0.228 e. The molecule has 0 unspecified atom stereocenters. The molecule has 28 heavy (non-hydrogen) atoms. The highest BCUT2D eigenvalue weighted by atomic mass is 127. The predicted molar refractivity (Wildman–Crippen MR) is 128 cm³/mol. The highest BCUT2D eigenvalue weighted by Gasteiger charge is 2.28. The van der Waals surface area contributed by atoms with Crippen LogP contribution >= 0.6 is 47.3 Å². The molecule has 6 nitrogen and oxygen atoms in total. The third-order valence-corrected chi connectivity index (χ3v) is 5.73. The smallest absolute Gasteiger partial charge is 0.228 e. The third kappa shape index (κ3) is 6.52. The Kier molecular flexibility index (Phi) is 8.88. The van der Waals surface area contributed by atoms with Crippen LogP contribution in [0.15, 0.2) is 33.8 Å². The number of hydrogen-bond donors (Lipinski definition) is 1. The van der Waals surface area contributed by atoms with Gasteiger partial charge in [-0.15, -0.1) is 24.0 Å². The van der Waals surface area contributed by atoms with Gasteiger partial charge in [0.15, 0.2) is 5.96 Å². The fourth-order valence-electron chi connectivity index (χ4n) is 2.98. The zero-order chi connectivity index (χ0) is 19.3. The van der Waals surface area contributed by atoms with Gasteiger partial charge in [-0.2, -0.15) is 16.7 Å². The van der Waals surface area contributed by atoms with Crippen molar-refractivity contribution in [3.63, 3.8) is 0 Å². The first-order valence-electron chi connectivity index (χ1n) is 9.22. The van der Waals surface area contributed by atoms with Gasteiger partial charge in [-0.05, 0) is 32.9 Å². The van der Waals surface area contributed by atoms with Crippen LogP contribution in [0.4, 0.5) is 0 Å². The van der Waals surface area contributed by atoms with E-state index in [2.05, 4.69) is 41.1 Å². The van der Waals surface area contributed by atoms with Crippen LogP contribution in [0, 0.1) is 0 Å². The van der Waals surface area contributed by atoms with Crippen molar-refractivity contribution in [3.05, 3.63) is 35.2 Å². The molecule has 0 saturated carbocycles. The van der Waals surface area contributed by atoms with E-state index >= 15 is 0 Å². The van der Waals surface area contributed by atoms with Gasteiger partial charge in [-0.25, -0.2) is 0 Å². The van der Waals surface area contributed by atoms with Crippen LogP contribution in [-0.4, -0.2) is 57.7 Å². The van der Waals surface area contributed by atoms with Crippen LogP contribution in [0.1, 0.15) is 26.7 Å². The molecule has 9 heteroatoms. The van der Waals surface area contributed by atoms with Crippen LogP contribution in [0.3, 0.4) is 0 Å². The summed E-state index contributed by atoms with van der Waals surface area (Å²) in [6.45, 7) is 10.1. The summed E-state index contributed by atoms with van der Waals surface area (Å²) in [6, 6.07) is 7.44. The molecule has 1 aliphatic rings. The van der Waals surface area contributed by atoms with E-state index in [1.807, 2.05) is 36.0 Å². The first kappa shape index (κ1) is 23.3. The van der Waals surface area contributed by atoms with Crippen LogP contribution in [0.25, 0.3) is 11.4 Å². The zero-order valence-corrected chi connectivity index (χ0v) is 20.3. The molecule has 1 N–H and O–H groups in total. The van der Waals surface area contributed by atoms with Gasteiger partial charge in [0.25, 0.3) is 0 Å². The summed E-state index contributed by atoms with van der Waals surface area (Å²) in [5, 5.41) is 8.10. The highest BCUT2D eigenvalue weighted by Crippen LogP contribution is 2.29. The van der Waals surface area contributed by atoms with E-state index < -0.39 is 0 Å². The van der Waals surface area contributed by atoms with Crippen LogP contribution < -0.4 is 5.32 Å². The molecule has 2 aromatic rings. The van der Waals surface area contributed by atoms with Crippen LogP contribution in [0.2, 0.25) is 5.02 Å². The summed E-state index contributed by atoms with van der Waals surface area (Å²) in [5.41, 5.74) is 0.849. The molecule has 0 spiro atoms. The SMILES string of the molecule is CCNC(=NCCc1nc(-c2cccc(Cl)c2)no1)N1CCSC(C)(C)C1.I. The second kappa shape index (κ2) is 10.7. The van der Waals surface area contributed by atoms with E-state index in [-0.39, 0.29) is 28.7 Å². The number of guanidine groups is 1. The number of thioether (sulfide) groups is 1. The van der Waals surface area contributed by atoms with Crippen molar-refractivity contribution in [3.8, 4) is 11.4 Å². The molecule has 1 aliphatic heterocycles. The quantitative estimate of drug-likeness (QED) is 0.349. The minimum atomic E-state index is 0. The number of benzene rings is 1. The van der Waals surface area contributed by atoms with Crippen molar-refractivity contribution >= 4 is 53.3 Å². The number of nitrogens with one attached hydrogen (secondary N) is 1. The van der Waals surface area contributed by atoms with Gasteiger partial charge < -0.3 is 14.7 Å². The highest BCUT2D eigenvalue weighted by molar-refractivity contribution is 14.0. The maximum absolute atomic E-state index is 6.03. The van der Waals surface area contributed by atoms with Crippen molar-refractivity contribution in [2.24, 2.45) is 4.99 Å². The van der Waals surface area contributed by atoms with E-state index in [0.29, 0.717) is 29.7 Å². The summed E-state index contributed by atoms with van der Waals surface area (Å²) >= 11 is 8.04. The minimum absolute atomic E-state index is 0. The molecule has 1 aromatic heterocycles. The number of nitrogens with zero attached hydrogens (tertiary/aromatic N) is 4. The van der Waals surface area contributed by atoms with E-state index in [9.17, 15) is 0 Å². The average molecular weight is 536 g/mol. The van der Waals surface area contributed by atoms with Gasteiger partial charge in [-0.1, -0.05) is 28.9 Å². The number of aromatic nitrogens is 2. The fraction of sp³-hybridized carbons (Fsp3) is 0.526. The Hall–Kier alpha value is -1.000. The molecule has 0 amide bonds. The molecule has 0 aliphatic carbocycles. The molecule has 0 radical (unpaired) electrons. The van der Waals surface area contributed by atoms with E-state index in [1.54, 1.807) is 0 Å². The number of hydrogen-bond acceptors (Lipinski definition) is 5. The third-order valence-electron chi connectivity index (χ3n) is 4.20. The summed E-state index contributed by atoms with van der Waals surface area (Å²) in [5.74, 6) is 3.21. The molecule has 3 rings (SSSR count). The van der Waals surface area contributed by atoms with Crippen molar-refractivity contribution in [1.82, 2.24) is 20.4 Å². The molecule has 0 bridgehead atoms. The van der Waals surface area contributed by atoms with Crippen molar-refractivity contribution in [2.75, 3.05) is 31.9 Å². The van der Waals surface area contributed by atoms with Gasteiger partial charge in [0, 0.05) is 47.1 Å². The van der Waals surface area contributed by atoms with Crippen LogP contribution in [-0.2, 0) is 6.42 Å². The summed E-state index contributed by atoms with van der Waals surface area (Å²) < 4.78 is 5.61. The van der Waals surface area contributed by atoms with Gasteiger partial charge in [0.2, 0.25) is 11.7 Å². The van der Waals surface area contributed by atoms with E-state index in [0.717, 1.165) is 36.9 Å². The Morgan fingerprint density at radius 3 is 2.96 bits per heavy atom. The Bertz CT molecular complexity index is 798. The molecule has 1 aromatic carbocycles. The Balaban J connectivity index is 0.00000280. The predicted octanol–water partition coefficient (Wildman–Crippen LogP) is 4.34. The Morgan fingerprint density at radius 2 is 2.25 bits per heavy atom. The van der Waals surface area contributed by atoms with Crippen molar-refractivity contribution < 1.29 is 4.52 Å². The first-order valence-corrected chi connectivity index (χ1v) is 10.6. The summed E-state index contributed by atoms with van der Waals surface area (Å²) in [6.07, 6.45) is 0.606.